The lowest BCUT2D eigenvalue weighted by Gasteiger charge is -2.22. The molecule has 1 aliphatic carbocycles. The van der Waals surface area contributed by atoms with Gasteiger partial charge in [0.1, 0.15) is 5.75 Å². The van der Waals surface area contributed by atoms with Crippen molar-refractivity contribution >= 4 is 23.7 Å². The van der Waals surface area contributed by atoms with Gasteiger partial charge in [-0.05, 0) is 51.0 Å². The van der Waals surface area contributed by atoms with Gasteiger partial charge in [-0.15, -0.1) is 10.2 Å². The second kappa shape index (κ2) is 10.3. The van der Waals surface area contributed by atoms with Crippen LogP contribution in [0.15, 0.2) is 29.4 Å². The fourth-order valence-electron chi connectivity index (χ4n) is 3.31. The van der Waals surface area contributed by atoms with Crippen LogP contribution in [0.5, 0.6) is 5.75 Å². The number of nitrogens with zero attached hydrogens (tertiary/aromatic N) is 3. The number of thioether (sulfide) groups is 1. The Morgan fingerprint density at radius 2 is 1.93 bits per heavy atom. The highest BCUT2D eigenvalue weighted by Crippen LogP contribution is 2.26. The summed E-state index contributed by atoms with van der Waals surface area (Å²) in [5.74, 6) is 6.97. The first kappa shape index (κ1) is 21.9. The van der Waals surface area contributed by atoms with Crippen molar-refractivity contribution < 1.29 is 14.3 Å². The number of amides is 3. The van der Waals surface area contributed by atoms with Crippen LogP contribution in [0.2, 0.25) is 0 Å². The zero-order valence-corrected chi connectivity index (χ0v) is 18.1. The standard InChI is InChI=1S/C20H28N6O3S/c1-3-29-16-11-9-14(10-12-16)17-24-25-20(26(17)21)30-13(2)18(27)23-19(28)22-15-7-5-4-6-8-15/h9-13,15H,3-8,21H2,1-2H3,(H2,22,23,27,28)/t13-/m1/s1. The van der Waals surface area contributed by atoms with Crippen LogP contribution in [0, 0.1) is 0 Å². The normalized spacial score (nSPS) is 15.4. The first-order valence-corrected chi connectivity index (χ1v) is 11.1. The number of benzene rings is 1. The van der Waals surface area contributed by atoms with Gasteiger partial charge in [0, 0.05) is 11.6 Å². The number of urea groups is 1. The number of ether oxygens (including phenoxy) is 1. The van der Waals surface area contributed by atoms with Crippen LogP contribution in [0.25, 0.3) is 11.4 Å². The average molecular weight is 433 g/mol. The van der Waals surface area contributed by atoms with Crippen LogP contribution in [0.4, 0.5) is 4.79 Å². The van der Waals surface area contributed by atoms with Crippen molar-refractivity contribution in [3.05, 3.63) is 24.3 Å². The number of carbonyl (C=O) groups is 2. The summed E-state index contributed by atoms with van der Waals surface area (Å²) >= 11 is 1.14. The summed E-state index contributed by atoms with van der Waals surface area (Å²) < 4.78 is 6.77. The van der Waals surface area contributed by atoms with Crippen molar-refractivity contribution in [2.45, 2.75) is 62.4 Å². The third kappa shape index (κ3) is 5.65. The van der Waals surface area contributed by atoms with Gasteiger partial charge in [-0.2, -0.15) is 0 Å². The number of hydrogen-bond acceptors (Lipinski definition) is 7. The highest BCUT2D eigenvalue weighted by Gasteiger charge is 2.23. The molecule has 0 bridgehead atoms. The van der Waals surface area contributed by atoms with E-state index in [1.165, 1.54) is 11.1 Å². The van der Waals surface area contributed by atoms with Crippen LogP contribution in [0.1, 0.15) is 46.0 Å². The minimum Gasteiger partial charge on any atom is -0.494 e. The van der Waals surface area contributed by atoms with Gasteiger partial charge in [-0.3, -0.25) is 10.1 Å². The minimum atomic E-state index is -0.568. The number of hydrogen-bond donors (Lipinski definition) is 3. The van der Waals surface area contributed by atoms with Crippen molar-refractivity contribution in [3.8, 4) is 17.1 Å². The number of carbonyl (C=O) groups excluding carboxylic acids is 2. The summed E-state index contributed by atoms with van der Waals surface area (Å²) in [6.45, 7) is 4.20. The van der Waals surface area contributed by atoms with Gasteiger partial charge in [-0.1, -0.05) is 31.0 Å². The number of nitrogen functional groups attached to an aromatic ring is 1. The van der Waals surface area contributed by atoms with E-state index in [2.05, 4.69) is 20.8 Å². The number of aromatic nitrogens is 3. The Kier molecular flexibility index (Phi) is 7.56. The van der Waals surface area contributed by atoms with Gasteiger partial charge in [0.2, 0.25) is 11.1 Å². The molecule has 1 aromatic carbocycles. The van der Waals surface area contributed by atoms with E-state index in [-0.39, 0.29) is 6.04 Å². The maximum absolute atomic E-state index is 12.4. The zero-order valence-electron chi connectivity index (χ0n) is 17.3. The van der Waals surface area contributed by atoms with E-state index in [1.54, 1.807) is 6.92 Å². The number of rotatable bonds is 7. The van der Waals surface area contributed by atoms with E-state index in [0.29, 0.717) is 17.6 Å². The molecular weight excluding hydrogens is 404 g/mol. The molecule has 1 saturated carbocycles. The number of nitrogens with one attached hydrogen (secondary N) is 2. The number of imide groups is 1. The lowest BCUT2D eigenvalue weighted by Crippen LogP contribution is -2.47. The van der Waals surface area contributed by atoms with Gasteiger partial charge in [-0.25, -0.2) is 9.47 Å². The van der Waals surface area contributed by atoms with E-state index < -0.39 is 17.2 Å². The molecule has 0 aliphatic heterocycles. The number of nitrogens with two attached hydrogens (primary N) is 1. The molecule has 2 aromatic rings. The van der Waals surface area contributed by atoms with E-state index in [0.717, 1.165) is 48.8 Å². The molecule has 0 unspecified atom stereocenters. The monoisotopic (exact) mass is 432 g/mol. The average Bonchev–Trinajstić information content (AvgIpc) is 3.09. The second-order valence-corrected chi connectivity index (χ2v) is 8.50. The highest BCUT2D eigenvalue weighted by molar-refractivity contribution is 8.00. The fourth-order valence-corrected chi connectivity index (χ4v) is 4.08. The molecule has 1 heterocycles. The Morgan fingerprint density at radius 1 is 1.23 bits per heavy atom. The third-order valence-electron chi connectivity index (χ3n) is 4.92. The fraction of sp³-hybridized carbons (Fsp3) is 0.500. The largest absolute Gasteiger partial charge is 0.494 e. The van der Waals surface area contributed by atoms with Crippen LogP contribution < -0.4 is 21.2 Å². The molecule has 30 heavy (non-hydrogen) atoms. The van der Waals surface area contributed by atoms with Gasteiger partial charge in [0.25, 0.3) is 0 Å². The highest BCUT2D eigenvalue weighted by atomic mass is 32.2. The Bertz CT molecular complexity index is 864. The molecule has 0 saturated heterocycles. The van der Waals surface area contributed by atoms with E-state index >= 15 is 0 Å². The van der Waals surface area contributed by atoms with Gasteiger partial charge in [0.05, 0.1) is 11.9 Å². The summed E-state index contributed by atoms with van der Waals surface area (Å²) in [6.07, 6.45) is 5.32. The summed E-state index contributed by atoms with van der Waals surface area (Å²) in [6, 6.07) is 7.04. The summed E-state index contributed by atoms with van der Waals surface area (Å²) in [5.41, 5.74) is 0.782. The molecule has 162 valence electrons. The van der Waals surface area contributed by atoms with Gasteiger partial charge in [0.15, 0.2) is 5.82 Å². The Hall–Kier alpha value is -2.75. The molecule has 1 atom stereocenters. The predicted octanol–water partition coefficient (Wildman–Crippen LogP) is 2.70. The maximum Gasteiger partial charge on any atom is 0.321 e. The second-order valence-electron chi connectivity index (χ2n) is 7.19. The predicted molar refractivity (Wildman–Crippen MR) is 116 cm³/mol. The van der Waals surface area contributed by atoms with Crippen molar-refractivity contribution in [1.29, 1.82) is 0 Å². The van der Waals surface area contributed by atoms with Crippen LogP contribution in [-0.4, -0.2) is 44.7 Å². The maximum atomic E-state index is 12.4. The Labute approximate surface area is 180 Å². The van der Waals surface area contributed by atoms with E-state index in [4.69, 9.17) is 10.6 Å². The lowest BCUT2D eigenvalue weighted by atomic mass is 9.96. The van der Waals surface area contributed by atoms with Crippen LogP contribution in [-0.2, 0) is 4.79 Å². The van der Waals surface area contributed by atoms with Crippen LogP contribution >= 0.6 is 11.8 Å². The summed E-state index contributed by atoms with van der Waals surface area (Å²) in [7, 11) is 0. The molecule has 10 heteroatoms. The zero-order chi connectivity index (χ0) is 21.5. The van der Waals surface area contributed by atoms with Crippen molar-refractivity contribution in [1.82, 2.24) is 25.5 Å². The molecule has 1 aromatic heterocycles. The quantitative estimate of drug-likeness (QED) is 0.454. The van der Waals surface area contributed by atoms with Gasteiger partial charge < -0.3 is 15.9 Å². The minimum absolute atomic E-state index is 0.137. The van der Waals surface area contributed by atoms with E-state index in [9.17, 15) is 9.59 Å². The summed E-state index contributed by atoms with van der Waals surface area (Å²) in [4.78, 5) is 24.5. The molecule has 1 fully saturated rings. The lowest BCUT2D eigenvalue weighted by molar-refractivity contribution is -0.119. The first-order valence-electron chi connectivity index (χ1n) is 10.2. The molecule has 3 amide bonds. The molecule has 0 radical (unpaired) electrons. The molecule has 3 rings (SSSR count). The van der Waals surface area contributed by atoms with E-state index in [1.807, 2.05) is 31.2 Å². The SMILES string of the molecule is CCOc1ccc(-c2nnc(S[C@H](C)C(=O)NC(=O)NC3CCCCC3)n2N)cc1. The Balaban J connectivity index is 1.56. The summed E-state index contributed by atoms with van der Waals surface area (Å²) in [5, 5.41) is 13.3. The van der Waals surface area contributed by atoms with Gasteiger partial charge >= 0.3 is 6.03 Å². The molecular formula is C20H28N6O3S. The molecule has 0 spiro atoms. The van der Waals surface area contributed by atoms with Crippen molar-refractivity contribution in [3.63, 3.8) is 0 Å². The topological polar surface area (TPSA) is 124 Å². The molecule has 1 aliphatic rings. The molecule has 9 nitrogen and oxygen atoms in total. The van der Waals surface area contributed by atoms with Crippen molar-refractivity contribution in [2.75, 3.05) is 12.4 Å². The Morgan fingerprint density at radius 3 is 2.60 bits per heavy atom. The molecule has 4 N–H and O–H groups in total. The first-order chi connectivity index (χ1) is 14.5. The van der Waals surface area contributed by atoms with Crippen molar-refractivity contribution in [2.24, 2.45) is 0 Å². The smallest absolute Gasteiger partial charge is 0.321 e. The van der Waals surface area contributed by atoms with Crippen LogP contribution in [0.3, 0.4) is 0 Å². The third-order valence-corrected chi connectivity index (χ3v) is 5.97.